The van der Waals surface area contributed by atoms with E-state index < -0.39 is 0 Å². The number of nitriles is 1. The van der Waals surface area contributed by atoms with E-state index in [9.17, 15) is 9.65 Å². The van der Waals surface area contributed by atoms with Gasteiger partial charge in [-0.05, 0) is 37.1 Å². The summed E-state index contributed by atoms with van der Waals surface area (Å²) in [5.41, 5.74) is 0.924. The Morgan fingerprint density at radius 1 is 1.14 bits per heavy atom. The summed E-state index contributed by atoms with van der Waals surface area (Å²) in [6, 6.07) is 7.95. The molecule has 21 heavy (non-hydrogen) atoms. The van der Waals surface area contributed by atoms with E-state index in [1.165, 1.54) is 16.9 Å². The molecule has 0 atom stereocenters. The highest BCUT2D eigenvalue weighted by molar-refractivity contribution is 5.50. The minimum absolute atomic E-state index is 0.293. The van der Waals surface area contributed by atoms with Gasteiger partial charge in [0.2, 0.25) is 5.69 Å². The lowest BCUT2D eigenvalue weighted by Gasteiger charge is -2.20. The third-order valence-electron chi connectivity index (χ3n) is 3.05. The lowest BCUT2D eigenvalue weighted by molar-refractivity contribution is 0.625. The van der Waals surface area contributed by atoms with Crippen molar-refractivity contribution in [3.05, 3.63) is 35.8 Å². The van der Waals surface area contributed by atoms with E-state index >= 15 is 0 Å². The van der Waals surface area contributed by atoms with Crippen LogP contribution in [0.4, 0.5) is 10.2 Å². The maximum Gasteiger partial charge on any atom is 0.207 e. The molecule has 0 amide bonds. The van der Waals surface area contributed by atoms with Gasteiger partial charge in [0.15, 0.2) is 5.82 Å². The monoisotopic (exact) mass is 287 g/mol. The molecule has 0 bridgehead atoms. The second-order valence-corrected chi connectivity index (χ2v) is 4.74. The maximum absolute atomic E-state index is 13.0. The number of hydrogen-bond acceptors (Lipinski definition) is 4. The van der Waals surface area contributed by atoms with Crippen LogP contribution in [-0.2, 0) is 0 Å². The second-order valence-electron chi connectivity index (χ2n) is 4.74. The molecule has 0 N–H and O–H groups in total. The van der Waals surface area contributed by atoms with Gasteiger partial charge in [-0.15, -0.1) is 15.0 Å². The zero-order chi connectivity index (χ0) is 15.2. The molecule has 110 valence electrons. The van der Waals surface area contributed by atoms with Gasteiger partial charge in [0.1, 0.15) is 11.9 Å². The van der Waals surface area contributed by atoms with Crippen molar-refractivity contribution in [2.24, 2.45) is 0 Å². The molecule has 0 aliphatic heterocycles. The standard InChI is InChI=1S/C15H18FN5/c1-3-9-20(10-4-2)15-14(11-17)18-21(19-15)13-7-5-12(16)6-8-13/h5-8H,3-4,9-10H2,1-2H3. The normalized spacial score (nSPS) is 10.4. The number of benzene rings is 1. The van der Waals surface area contributed by atoms with Gasteiger partial charge in [0, 0.05) is 13.1 Å². The van der Waals surface area contributed by atoms with Gasteiger partial charge in [-0.1, -0.05) is 13.8 Å². The van der Waals surface area contributed by atoms with Crippen LogP contribution in [0.5, 0.6) is 0 Å². The molecule has 1 heterocycles. The van der Waals surface area contributed by atoms with Crippen LogP contribution < -0.4 is 4.90 Å². The van der Waals surface area contributed by atoms with Crippen LogP contribution >= 0.6 is 0 Å². The maximum atomic E-state index is 13.0. The second kappa shape index (κ2) is 6.84. The summed E-state index contributed by atoms with van der Waals surface area (Å²) in [6.07, 6.45) is 1.93. The van der Waals surface area contributed by atoms with E-state index in [2.05, 4.69) is 35.0 Å². The summed E-state index contributed by atoms with van der Waals surface area (Å²) in [6.45, 7) is 5.81. The highest BCUT2D eigenvalue weighted by atomic mass is 19.1. The zero-order valence-corrected chi connectivity index (χ0v) is 12.3. The van der Waals surface area contributed by atoms with Crippen molar-refractivity contribution in [3.8, 4) is 11.8 Å². The van der Waals surface area contributed by atoms with Crippen molar-refractivity contribution in [2.45, 2.75) is 26.7 Å². The molecule has 2 rings (SSSR count). The van der Waals surface area contributed by atoms with Crippen LogP contribution in [0.1, 0.15) is 32.4 Å². The van der Waals surface area contributed by atoms with Crippen LogP contribution in [0.15, 0.2) is 24.3 Å². The first-order valence-corrected chi connectivity index (χ1v) is 7.08. The van der Waals surface area contributed by atoms with Gasteiger partial charge in [0.05, 0.1) is 5.69 Å². The molecule has 0 spiro atoms. The Balaban J connectivity index is 2.38. The first kappa shape index (κ1) is 15.0. The van der Waals surface area contributed by atoms with Gasteiger partial charge in [-0.2, -0.15) is 5.26 Å². The topological polar surface area (TPSA) is 57.7 Å². The van der Waals surface area contributed by atoms with Crippen molar-refractivity contribution in [1.82, 2.24) is 15.0 Å². The Morgan fingerprint density at radius 3 is 2.29 bits per heavy atom. The number of rotatable bonds is 6. The molecular formula is C15H18FN5. The fraction of sp³-hybridized carbons (Fsp3) is 0.400. The summed E-state index contributed by atoms with van der Waals surface area (Å²) in [5.74, 6) is 0.274. The molecule has 0 unspecified atom stereocenters. The first-order valence-electron chi connectivity index (χ1n) is 7.08. The third kappa shape index (κ3) is 3.37. The highest BCUT2D eigenvalue weighted by Gasteiger charge is 2.17. The summed E-state index contributed by atoms with van der Waals surface area (Å²) in [7, 11) is 0. The van der Waals surface area contributed by atoms with Crippen molar-refractivity contribution in [2.75, 3.05) is 18.0 Å². The van der Waals surface area contributed by atoms with Gasteiger partial charge in [-0.3, -0.25) is 0 Å². The summed E-state index contributed by atoms with van der Waals surface area (Å²) in [5, 5.41) is 17.9. The zero-order valence-electron chi connectivity index (χ0n) is 12.3. The minimum atomic E-state index is -0.315. The summed E-state index contributed by atoms with van der Waals surface area (Å²) < 4.78 is 13.0. The third-order valence-corrected chi connectivity index (χ3v) is 3.05. The fourth-order valence-electron chi connectivity index (χ4n) is 2.14. The lowest BCUT2D eigenvalue weighted by Crippen LogP contribution is -2.26. The summed E-state index contributed by atoms with van der Waals surface area (Å²) in [4.78, 5) is 3.44. The average Bonchev–Trinajstić information content (AvgIpc) is 2.92. The lowest BCUT2D eigenvalue weighted by atomic mass is 10.3. The van der Waals surface area contributed by atoms with Crippen LogP contribution in [0, 0.1) is 17.1 Å². The number of aromatic nitrogens is 3. The predicted molar refractivity (Wildman–Crippen MR) is 78.8 cm³/mol. The molecule has 2 aromatic rings. The first-order chi connectivity index (χ1) is 10.2. The quantitative estimate of drug-likeness (QED) is 0.819. The molecule has 6 heteroatoms. The van der Waals surface area contributed by atoms with Crippen molar-refractivity contribution in [3.63, 3.8) is 0 Å². The Morgan fingerprint density at radius 2 is 1.76 bits per heavy atom. The fourth-order valence-corrected chi connectivity index (χ4v) is 2.14. The molecule has 0 aliphatic rings. The van der Waals surface area contributed by atoms with E-state index in [4.69, 9.17) is 0 Å². The van der Waals surface area contributed by atoms with E-state index in [0.717, 1.165) is 25.9 Å². The molecule has 5 nitrogen and oxygen atoms in total. The van der Waals surface area contributed by atoms with E-state index in [0.29, 0.717) is 17.2 Å². The average molecular weight is 287 g/mol. The molecule has 0 saturated carbocycles. The molecule has 0 radical (unpaired) electrons. The number of hydrogen-bond donors (Lipinski definition) is 0. The van der Waals surface area contributed by atoms with Crippen LogP contribution in [0.2, 0.25) is 0 Å². The molecular weight excluding hydrogens is 269 g/mol. The van der Waals surface area contributed by atoms with Gasteiger partial charge < -0.3 is 4.90 Å². The van der Waals surface area contributed by atoms with Gasteiger partial charge >= 0.3 is 0 Å². The Labute approximate surface area is 123 Å². The Hall–Kier alpha value is -2.42. The van der Waals surface area contributed by atoms with Gasteiger partial charge in [-0.25, -0.2) is 4.39 Å². The molecule has 0 aliphatic carbocycles. The van der Waals surface area contributed by atoms with E-state index in [1.807, 2.05) is 0 Å². The van der Waals surface area contributed by atoms with E-state index in [-0.39, 0.29) is 5.82 Å². The van der Waals surface area contributed by atoms with Crippen LogP contribution in [0.3, 0.4) is 0 Å². The number of nitrogens with zero attached hydrogens (tertiary/aromatic N) is 5. The largest absolute Gasteiger partial charge is 0.353 e. The molecule has 0 fully saturated rings. The molecule has 1 aromatic carbocycles. The minimum Gasteiger partial charge on any atom is -0.353 e. The van der Waals surface area contributed by atoms with Crippen molar-refractivity contribution >= 4 is 5.82 Å². The smallest absolute Gasteiger partial charge is 0.207 e. The van der Waals surface area contributed by atoms with Crippen LogP contribution in [-0.4, -0.2) is 28.1 Å². The molecule has 1 aromatic heterocycles. The number of anilines is 1. The Bertz CT molecular complexity index is 621. The van der Waals surface area contributed by atoms with Crippen molar-refractivity contribution in [1.29, 1.82) is 5.26 Å². The van der Waals surface area contributed by atoms with E-state index in [1.54, 1.807) is 12.1 Å². The SMILES string of the molecule is CCCN(CCC)c1nn(-c2ccc(F)cc2)nc1C#N. The molecule has 0 saturated heterocycles. The highest BCUT2D eigenvalue weighted by Crippen LogP contribution is 2.18. The van der Waals surface area contributed by atoms with Gasteiger partial charge in [0.25, 0.3) is 0 Å². The van der Waals surface area contributed by atoms with Crippen LogP contribution in [0.25, 0.3) is 5.69 Å². The van der Waals surface area contributed by atoms with Crippen molar-refractivity contribution < 1.29 is 4.39 Å². The number of halogens is 1. The predicted octanol–water partition coefficient (Wildman–Crippen LogP) is 2.90. The summed E-state index contributed by atoms with van der Waals surface area (Å²) >= 11 is 0. The Kier molecular flexibility index (Phi) is 4.88.